The molecule has 4 heterocycles. The molecule has 1 saturated heterocycles. The van der Waals surface area contributed by atoms with Crippen molar-refractivity contribution in [2.75, 3.05) is 18.0 Å². The SMILES string of the molecule is Cc1noc(-c2ccc(N3CCC[C@H](C(=O)N[C@H](C)c4ccccn4)C3)nc2)n1. The Morgan fingerprint density at radius 3 is 2.86 bits per heavy atom. The molecule has 1 amide bonds. The highest BCUT2D eigenvalue weighted by atomic mass is 16.5. The molecule has 3 aromatic rings. The number of anilines is 1. The van der Waals surface area contributed by atoms with Crippen molar-refractivity contribution in [3.8, 4) is 11.5 Å². The Morgan fingerprint density at radius 2 is 2.17 bits per heavy atom. The number of pyridine rings is 2. The van der Waals surface area contributed by atoms with Gasteiger partial charge >= 0.3 is 0 Å². The number of hydrogen-bond acceptors (Lipinski definition) is 7. The summed E-state index contributed by atoms with van der Waals surface area (Å²) in [6.45, 7) is 5.27. The van der Waals surface area contributed by atoms with Gasteiger partial charge in [0.05, 0.1) is 23.2 Å². The summed E-state index contributed by atoms with van der Waals surface area (Å²) in [5.74, 6) is 1.89. The van der Waals surface area contributed by atoms with Crippen LogP contribution in [0.25, 0.3) is 11.5 Å². The molecule has 0 aromatic carbocycles. The lowest BCUT2D eigenvalue weighted by molar-refractivity contribution is -0.125. The molecular weight excluding hydrogens is 368 g/mol. The highest BCUT2D eigenvalue weighted by Gasteiger charge is 2.27. The van der Waals surface area contributed by atoms with Gasteiger partial charge in [0.1, 0.15) is 5.82 Å². The number of aryl methyl sites for hydroxylation is 1. The minimum absolute atomic E-state index is 0.0609. The van der Waals surface area contributed by atoms with Crippen molar-refractivity contribution >= 4 is 11.7 Å². The van der Waals surface area contributed by atoms with Gasteiger partial charge in [0.2, 0.25) is 5.91 Å². The maximum atomic E-state index is 12.8. The Bertz CT molecular complexity index is 957. The monoisotopic (exact) mass is 392 g/mol. The van der Waals surface area contributed by atoms with Gasteiger partial charge in [-0.1, -0.05) is 11.2 Å². The predicted octanol–water partition coefficient (Wildman–Crippen LogP) is 2.93. The van der Waals surface area contributed by atoms with E-state index < -0.39 is 0 Å². The number of carbonyl (C=O) groups is 1. The van der Waals surface area contributed by atoms with Crippen molar-refractivity contribution < 1.29 is 9.32 Å². The quantitative estimate of drug-likeness (QED) is 0.713. The normalized spacial score (nSPS) is 17.7. The molecule has 8 heteroatoms. The number of rotatable bonds is 5. The maximum Gasteiger partial charge on any atom is 0.259 e. The third kappa shape index (κ3) is 4.42. The molecule has 4 rings (SSSR count). The fraction of sp³-hybridized carbons (Fsp3) is 0.381. The zero-order valence-corrected chi connectivity index (χ0v) is 16.6. The molecule has 0 unspecified atom stereocenters. The third-order valence-corrected chi connectivity index (χ3v) is 5.13. The van der Waals surface area contributed by atoms with E-state index in [4.69, 9.17) is 4.52 Å². The van der Waals surface area contributed by atoms with Crippen molar-refractivity contribution in [2.24, 2.45) is 5.92 Å². The number of nitrogens with zero attached hydrogens (tertiary/aromatic N) is 5. The van der Waals surface area contributed by atoms with Crippen LogP contribution in [0.2, 0.25) is 0 Å². The summed E-state index contributed by atoms with van der Waals surface area (Å²) >= 11 is 0. The van der Waals surface area contributed by atoms with Crippen LogP contribution in [0.3, 0.4) is 0 Å². The molecule has 0 radical (unpaired) electrons. The molecule has 1 N–H and O–H groups in total. The molecule has 1 fully saturated rings. The third-order valence-electron chi connectivity index (χ3n) is 5.13. The molecule has 150 valence electrons. The van der Waals surface area contributed by atoms with Gasteiger partial charge in [0, 0.05) is 25.5 Å². The van der Waals surface area contributed by atoms with Crippen molar-refractivity contribution in [3.63, 3.8) is 0 Å². The van der Waals surface area contributed by atoms with Crippen molar-refractivity contribution in [1.29, 1.82) is 0 Å². The summed E-state index contributed by atoms with van der Waals surface area (Å²) in [5, 5.41) is 6.90. The van der Waals surface area contributed by atoms with E-state index in [1.54, 1.807) is 19.3 Å². The first-order valence-corrected chi connectivity index (χ1v) is 9.83. The fourth-order valence-corrected chi connectivity index (χ4v) is 3.55. The van der Waals surface area contributed by atoms with Crippen LogP contribution in [0.15, 0.2) is 47.2 Å². The van der Waals surface area contributed by atoms with Gasteiger partial charge in [0.15, 0.2) is 5.82 Å². The van der Waals surface area contributed by atoms with E-state index in [0.29, 0.717) is 18.3 Å². The van der Waals surface area contributed by atoms with E-state index in [2.05, 4.69) is 30.3 Å². The second-order valence-electron chi connectivity index (χ2n) is 7.32. The van der Waals surface area contributed by atoms with E-state index in [9.17, 15) is 4.79 Å². The Balaban J connectivity index is 1.39. The van der Waals surface area contributed by atoms with Gasteiger partial charge in [-0.2, -0.15) is 4.98 Å². The summed E-state index contributed by atoms with van der Waals surface area (Å²) in [7, 11) is 0. The minimum atomic E-state index is -0.116. The largest absolute Gasteiger partial charge is 0.356 e. The molecule has 2 atom stereocenters. The molecule has 0 spiro atoms. The Labute approximate surface area is 169 Å². The Kier molecular flexibility index (Phi) is 5.50. The first-order valence-electron chi connectivity index (χ1n) is 9.83. The smallest absolute Gasteiger partial charge is 0.259 e. The molecule has 3 aromatic heterocycles. The summed E-state index contributed by atoms with van der Waals surface area (Å²) in [6.07, 6.45) is 5.29. The van der Waals surface area contributed by atoms with Gasteiger partial charge in [-0.05, 0) is 51.0 Å². The summed E-state index contributed by atoms with van der Waals surface area (Å²) in [4.78, 5) is 28.0. The first kappa shape index (κ1) is 19.0. The summed E-state index contributed by atoms with van der Waals surface area (Å²) in [5.41, 5.74) is 1.65. The number of hydrogen-bond donors (Lipinski definition) is 1. The zero-order valence-electron chi connectivity index (χ0n) is 16.6. The summed E-state index contributed by atoms with van der Waals surface area (Å²) < 4.78 is 5.18. The molecule has 0 bridgehead atoms. The summed E-state index contributed by atoms with van der Waals surface area (Å²) in [6, 6.07) is 9.46. The highest BCUT2D eigenvalue weighted by molar-refractivity contribution is 5.80. The van der Waals surface area contributed by atoms with Crippen LogP contribution in [0.5, 0.6) is 0 Å². The van der Waals surface area contributed by atoms with Crippen LogP contribution in [-0.2, 0) is 4.79 Å². The van der Waals surface area contributed by atoms with Crippen molar-refractivity contribution in [3.05, 3.63) is 54.2 Å². The minimum Gasteiger partial charge on any atom is -0.356 e. The van der Waals surface area contributed by atoms with Gasteiger partial charge in [0.25, 0.3) is 5.89 Å². The molecule has 1 aliphatic heterocycles. The first-order chi connectivity index (χ1) is 14.1. The van der Waals surface area contributed by atoms with E-state index in [1.165, 1.54) is 0 Å². The topological polar surface area (TPSA) is 97.0 Å². The molecule has 8 nitrogen and oxygen atoms in total. The van der Waals surface area contributed by atoms with Crippen LogP contribution < -0.4 is 10.2 Å². The van der Waals surface area contributed by atoms with E-state index in [-0.39, 0.29) is 17.9 Å². The lowest BCUT2D eigenvalue weighted by Gasteiger charge is -2.33. The Hall–Kier alpha value is -3.29. The molecule has 29 heavy (non-hydrogen) atoms. The fourth-order valence-electron chi connectivity index (χ4n) is 3.55. The van der Waals surface area contributed by atoms with E-state index >= 15 is 0 Å². The van der Waals surface area contributed by atoms with Gasteiger partial charge in [-0.25, -0.2) is 4.98 Å². The van der Waals surface area contributed by atoms with Crippen LogP contribution in [-0.4, -0.2) is 39.1 Å². The second kappa shape index (κ2) is 8.38. The van der Waals surface area contributed by atoms with E-state index in [1.807, 2.05) is 37.3 Å². The number of amides is 1. The predicted molar refractivity (Wildman–Crippen MR) is 108 cm³/mol. The average Bonchev–Trinajstić information content (AvgIpc) is 3.21. The molecule has 1 aliphatic rings. The average molecular weight is 392 g/mol. The highest BCUT2D eigenvalue weighted by Crippen LogP contribution is 2.24. The lowest BCUT2D eigenvalue weighted by atomic mass is 9.96. The molecule has 0 aliphatic carbocycles. The number of carbonyl (C=O) groups excluding carboxylic acids is 1. The van der Waals surface area contributed by atoms with Gasteiger partial charge in [-0.3, -0.25) is 9.78 Å². The second-order valence-corrected chi connectivity index (χ2v) is 7.32. The molecular formula is C21H24N6O2. The van der Waals surface area contributed by atoms with Crippen LogP contribution in [0.1, 0.15) is 37.3 Å². The van der Waals surface area contributed by atoms with Gasteiger partial charge < -0.3 is 14.7 Å². The van der Waals surface area contributed by atoms with Crippen molar-refractivity contribution in [1.82, 2.24) is 25.4 Å². The standard InChI is InChI=1S/C21H24N6O2/c1-14(18-7-3-4-10-22-18)24-20(28)17-6-5-11-27(13-17)19-9-8-16(12-23-19)21-25-15(2)26-29-21/h3-4,7-10,12,14,17H,5-6,11,13H2,1-2H3,(H,24,28)/t14-,17+/m1/s1. The molecule has 0 saturated carbocycles. The van der Waals surface area contributed by atoms with Crippen LogP contribution in [0.4, 0.5) is 5.82 Å². The van der Waals surface area contributed by atoms with Crippen molar-refractivity contribution in [2.45, 2.75) is 32.7 Å². The maximum absolute atomic E-state index is 12.8. The number of piperidine rings is 1. The number of nitrogens with one attached hydrogen (secondary N) is 1. The lowest BCUT2D eigenvalue weighted by Crippen LogP contribution is -2.44. The van der Waals surface area contributed by atoms with Crippen LogP contribution >= 0.6 is 0 Å². The Morgan fingerprint density at radius 1 is 1.28 bits per heavy atom. The van der Waals surface area contributed by atoms with E-state index in [0.717, 1.165) is 36.5 Å². The number of aromatic nitrogens is 4. The zero-order chi connectivity index (χ0) is 20.2. The van der Waals surface area contributed by atoms with Gasteiger partial charge in [-0.15, -0.1) is 0 Å². The van der Waals surface area contributed by atoms with Crippen LogP contribution in [0, 0.1) is 12.8 Å².